The van der Waals surface area contributed by atoms with E-state index in [1.165, 1.54) is 33.5 Å². The number of carbonyl (C=O) groups excluding carboxylic acids is 1. The van der Waals surface area contributed by atoms with Gasteiger partial charge in [-0.1, -0.05) is 29.3 Å². The molecule has 29 heavy (non-hydrogen) atoms. The molecule has 1 amide bonds. The number of nitrogens with zero attached hydrogens (tertiary/aromatic N) is 2. The molecular weight excluding hydrogens is 481 g/mol. The summed E-state index contributed by atoms with van der Waals surface area (Å²) in [5.41, 5.74) is 0. The van der Waals surface area contributed by atoms with Gasteiger partial charge in [0.2, 0.25) is 15.9 Å². The Labute approximate surface area is 183 Å². The van der Waals surface area contributed by atoms with Crippen molar-refractivity contribution in [2.45, 2.75) is 9.10 Å². The smallest absolute Gasteiger partial charge is 0.250 e. The van der Waals surface area contributed by atoms with E-state index < -0.39 is 26.0 Å². The number of nitrogens with one attached hydrogen (secondary N) is 1. The highest BCUT2D eigenvalue weighted by Gasteiger charge is 2.30. The second-order valence-corrected chi connectivity index (χ2v) is 11.8. The summed E-state index contributed by atoms with van der Waals surface area (Å²) in [6.45, 7) is 0.0952. The van der Waals surface area contributed by atoms with Crippen molar-refractivity contribution in [1.29, 1.82) is 0 Å². The van der Waals surface area contributed by atoms with Crippen molar-refractivity contribution in [3.8, 4) is 0 Å². The van der Waals surface area contributed by atoms with Crippen LogP contribution in [-0.4, -0.2) is 64.7 Å². The molecule has 0 radical (unpaired) electrons. The van der Waals surface area contributed by atoms with Crippen LogP contribution < -0.4 is 4.72 Å². The van der Waals surface area contributed by atoms with E-state index in [2.05, 4.69) is 4.72 Å². The summed E-state index contributed by atoms with van der Waals surface area (Å²) in [4.78, 5) is 13.8. The van der Waals surface area contributed by atoms with Crippen molar-refractivity contribution in [1.82, 2.24) is 13.9 Å². The maximum Gasteiger partial charge on any atom is 0.250 e. The van der Waals surface area contributed by atoms with Gasteiger partial charge in [0.1, 0.15) is 4.21 Å². The average molecular weight is 498 g/mol. The van der Waals surface area contributed by atoms with Crippen LogP contribution in [0, 0.1) is 0 Å². The van der Waals surface area contributed by atoms with Crippen LogP contribution in [-0.2, 0) is 24.8 Å². The Balaban J connectivity index is 1.58. The highest BCUT2D eigenvalue weighted by Crippen LogP contribution is 2.27. The molecule has 1 aliphatic rings. The van der Waals surface area contributed by atoms with Gasteiger partial charge in [-0.05, 0) is 29.6 Å². The molecule has 0 unspecified atom stereocenters. The van der Waals surface area contributed by atoms with Gasteiger partial charge in [0.25, 0.3) is 10.0 Å². The first-order chi connectivity index (χ1) is 13.6. The van der Waals surface area contributed by atoms with Crippen LogP contribution >= 0.6 is 34.5 Å². The molecular formula is C16H17Cl2N3O5S3. The molecule has 2 heterocycles. The third-order valence-electron chi connectivity index (χ3n) is 4.29. The van der Waals surface area contributed by atoms with Gasteiger partial charge in [-0.25, -0.2) is 21.6 Å². The number of piperazine rings is 1. The Kier molecular flexibility index (Phi) is 6.88. The Bertz CT molecular complexity index is 1100. The number of hydrogen-bond acceptors (Lipinski definition) is 6. The van der Waals surface area contributed by atoms with Gasteiger partial charge in [0, 0.05) is 26.2 Å². The molecule has 0 bridgehead atoms. The number of thiophene rings is 1. The second kappa shape index (κ2) is 8.88. The molecule has 0 aliphatic carbocycles. The van der Waals surface area contributed by atoms with Gasteiger partial charge >= 0.3 is 0 Å². The minimum atomic E-state index is -3.77. The van der Waals surface area contributed by atoms with Crippen LogP contribution in [0.25, 0.3) is 0 Å². The van der Waals surface area contributed by atoms with Crippen molar-refractivity contribution in [3.05, 3.63) is 45.8 Å². The highest BCUT2D eigenvalue weighted by molar-refractivity contribution is 7.91. The van der Waals surface area contributed by atoms with E-state index in [-0.39, 0.29) is 51.9 Å². The van der Waals surface area contributed by atoms with Gasteiger partial charge in [0.15, 0.2) is 0 Å². The number of amides is 1. The van der Waals surface area contributed by atoms with Crippen LogP contribution in [0.15, 0.2) is 44.8 Å². The molecule has 1 aliphatic heterocycles. The maximum atomic E-state index is 12.7. The number of carbonyl (C=O) groups is 1. The van der Waals surface area contributed by atoms with Gasteiger partial charge in [-0.15, -0.1) is 11.3 Å². The maximum absolute atomic E-state index is 12.7. The number of benzene rings is 1. The van der Waals surface area contributed by atoms with E-state index in [4.69, 9.17) is 23.2 Å². The average Bonchev–Trinajstić information content (AvgIpc) is 3.24. The van der Waals surface area contributed by atoms with Crippen molar-refractivity contribution in [3.63, 3.8) is 0 Å². The molecule has 1 N–H and O–H groups in total. The van der Waals surface area contributed by atoms with E-state index >= 15 is 0 Å². The molecule has 158 valence electrons. The predicted octanol–water partition coefficient (Wildman–Crippen LogP) is 1.87. The molecule has 1 fully saturated rings. The molecule has 1 saturated heterocycles. The topological polar surface area (TPSA) is 104 Å². The van der Waals surface area contributed by atoms with Gasteiger partial charge in [-0.2, -0.15) is 4.31 Å². The minimum Gasteiger partial charge on any atom is -0.339 e. The molecule has 13 heteroatoms. The van der Waals surface area contributed by atoms with Crippen molar-refractivity contribution >= 4 is 60.5 Å². The molecule has 3 rings (SSSR count). The standard InChI is InChI=1S/C16H17Cl2N3O5S3/c17-13-4-3-12(10-14(13)18)29(25,26)21-7-5-20(6-8-21)15(22)11-19-28(23,24)16-2-1-9-27-16/h1-4,9-10,19H,5-8,11H2. The van der Waals surface area contributed by atoms with Crippen LogP contribution in [0.5, 0.6) is 0 Å². The third-order valence-corrected chi connectivity index (χ3v) is 9.73. The molecule has 0 atom stereocenters. The van der Waals surface area contributed by atoms with E-state index in [1.54, 1.807) is 11.4 Å². The Morgan fingerprint density at radius 2 is 1.72 bits per heavy atom. The third kappa shape index (κ3) is 5.10. The van der Waals surface area contributed by atoms with Gasteiger partial charge in [0.05, 0.1) is 21.5 Å². The first-order valence-electron chi connectivity index (χ1n) is 8.37. The Morgan fingerprint density at radius 1 is 1.03 bits per heavy atom. The molecule has 1 aromatic heterocycles. The minimum absolute atomic E-state index is 0.0235. The van der Waals surface area contributed by atoms with Crippen LogP contribution in [0.4, 0.5) is 0 Å². The monoisotopic (exact) mass is 497 g/mol. The van der Waals surface area contributed by atoms with Gasteiger partial charge < -0.3 is 4.90 Å². The SMILES string of the molecule is O=C(CNS(=O)(=O)c1cccs1)N1CCN(S(=O)(=O)c2ccc(Cl)c(Cl)c2)CC1. The second-order valence-electron chi connectivity index (χ2n) is 6.12. The zero-order chi connectivity index (χ0) is 21.2. The summed E-state index contributed by atoms with van der Waals surface area (Å²) in [5, 5.41) is 2.02. The lowest BCUT2D eigenvalue weighted by Gasteiger charge is -2.34. The zero-order valence-electron chi connectivity index (χ0n) is 14.9. The molecule has 8 nitrogen and oxygen atoms in total. The van der Waals surface area contributed by atoms with Crippen molar-refractivity contribution < 1.29 is 21.6 Å². The predicted molar refractivity (Wildman–Crippen MR) is 111 cm³/mol. The van der Waals surface area contributed by atoms with E-state index in [9.17, 15) is 21.6 Å². The lowest BCUT2D eigenvalue weighted by atomic mass is 10.3. The van der Waals surface area contributed by atoms with E-state index in [0.717, 1.165) is 11.3 Å². The van der Waals surface area contributed by atoms with Gasteiger partial charge in [-0.3, -0.25) is 4.79 Å². The number of halogens is 2. The fourth-order valence-corrected chi connectivity index (χ4v) is 6.54. The summed E-state index contributed by atoms with van der Waals surface area (Å²) in [7, 11) is -7.51. The molecule has 2 aromatic rings. The molecule has 1 aromatic carbocycles. The van der Waals surface area contributed by atoms with Crippen LogP contribution in [0.2, 0.25) is 10.0 Å². The summed E-state index contributed by atoms with van der Waals surface area (Å²) in [6, 6.07) is 7.13. The first kappa shape index (κ1) is 22.5. The zero-order valence-corrected chi connectivity index (χ0v) is 18.9. The number of hydrogen-bond donors (Lipinski definition) is 1. The lowest BCUT2D eigenvalue weighted by molar-refractivity contribution is -0.131. The summed E-state index contributed by atoms with van der Waals surface area (Å²) >= 11 is 12.8. The van der Waals surface area contributed by atoms with E-state index in [0.29, 0.717) is 0 Å². The highest BCUT2D eigenvalue weighted by atomic mass is 35.5. The molecule has 0 saturated carbocycles. The van der Waals surface area contributed by atoms with Crippen LogP contribution in [0.1, 0.15) is 0 Å². The quantitative estimate of drug-likeness (QED) is 0.655. The fraction of sp³-hybridized carbons (Fsp3) is 0.312. The normalized spacial score (nSPS) is 16.1. The fourth-order valence-electron chi connectivity index (χ4n) is 2.72. The molecule has 0 spiro atoms. The largest absolute Gasteiger partial charge is 0.339 e. The number of sulfonamides is 2. The Hall–Kier alpha value is -1.21. The summed E-state index contributed by atoms with van der Waals surface area (Å²) < 4.78 is 53.3. The van der Waals surface area contributed by atoms with Crippen molar-refractivity contribution in [2.75, 3.05) is 32.7 Å². The van der Waals surface area contributed by atoms with Crippen molar-refractivity contribution in [2.24, 2.45) is 0 Å². The number of rotatable bonds is 6. The lowest BCUT2D eigenvalue weighted by Crippen LogP contribution is -2.52. The van der Waals surface area contributed by atoms with E-state index in [1.807, 2.05) is 0 Å². The summed E-state index contributed by atoms with van der Waals surface area (Å²) in [6.07, 6.45) is 0. The summed E-state index contributed by atoms with van der Waals surface area (Å²) in [5.74, 6) is -0.420. The Morgan fingerprint density at radius 3 is 2.31 bits per heavy atom. The first-order valence-corrected chi connectivity index (χ1v) is 12.9. The van der Waals surface area contributed by atoms with Crippen LogP contribution in [0.3, 0.4) is 0 Å².